The van der Waals surface area contributed by atoms with Crippen LogP contribution in [0.3, 0.4) is 0 Å². The second-order valence-corrected chi connectivity index (χ2v) is 4.01. The van der Waals surface area contributed by atoms with Crippen molar-refractivity contribution in [1.82, 2.24) is 19.7 Å². The fraction of sp³-hybridized carbons (Fsp3) is 0.300. The highest BCUT2D eigenvalue weighted by atomic mass is 79.9. The zero-order valence-corrected chi connectivity index (χ0v) is 9.98. The number of hydrogen-bond donors (Lipinski definition) is 0. The minimum absolute atomic E-state index is 0.811. The molecule has 0 fully saturated rings. The Bertz CT molecular complexity index is 452. The lowest BCUT2D eigenvalue weighted by Crippen LogP contribution is -1.99. The Hall–Kier alpha value is -1.23. The molecular formula is C10H11BrN4. The molecule has 0 saturated carbocycles. The maximum Gasteiger partial charge on any atom is 0.182 e. The first-order valence-electron chi connectivity index (χ1n) is 4.82. The summed E-state index contributed by atoms with van der Waals surface area (Å²) in [6.45, 7) is 3.04. The van der Waals surface area contributed by atoms with Gasteiger partial charge in [-0.05, 0) is 34.5 Å². The van der Waals surface area contributed by atoms with Gasteiger partial charge >= 0.3 is 0 Å². The lowest BCUT2D eigenvalue weighted by Gasteiger charge is -2.03. The first-order chi connectivity index (χ1) is 7.31. The fourth-order valence-corrected chi connectivity index (χ4v) is 1.73. The van der Waals surface area contributed by atoms with Gasteiger partial charge in [0.1, 0.15) is 16.6 Å². The van der Waals surface area contributed by atoms with Crippen molar-refractivity contribution in [2.45, 2.75) is 19.9 Å². The SMILES string of the molecule is CCCn1cnnc1-c1cccc(Br)n1. The molecular weight excluding hydrogens is 256 g/mol. The molecule has 2 rings (SSSR count). The third kappa shape index (κ3) is 2.23. The Labute approximate surface area is 96.5 Å². The van der Waals surface area contributed by atoms with Crippen molar-refractivity contribution in [2.24, 2.45) is 0 Å². The second-order valence-electron chi connectivity index (χ2n) is 3.19. The Kier molecular flexibility index (Phi) is 3.11. The number of aryl methyl sites for hydroxylation is 1. The van der Waals surface area contributed by atoms with E-state index in [1.165, 1.54) is 0 Å². The van der Waals surface area contributed by atoms with E-state index in [0.29, 0.717) is 0 Å². The molecule has 0 amide bonds. The van der Waals surface area contributed by atoms with Gasteiger partial charge in [0.05, 0.1) is 0 Å². The van der Waals surface area contributed by atoms with Crippen LogP contribution in [-0.2, 0) is 6.54 Å². The Morgan fingerprint density at radius 3 is 3.00 bits per heavy atom. The maximum atomic E-state index is 4.35. The van der Waals surface area contributed by atoms with Gasteiger partial charge in [0.25, 0.3) is 0 Å². The zero-order chi connectivity index (χ0) is 10.7. The van der Waals surface area contributed by atoms with Crippen molar-refractivity contribution in [3.8, 4) is 11.5 Å². The summed E-state index contributed by atoms with van der Waals surface area (Å²) in [7, 11) is 0. The first kappa shape index (κ1) is 10.3. The highest BCUT2D eigenvalue weighted by molar-refractivity contribution is 9.10. The van der Waals surface area contributed by atoms with E-state index in [9.17, 15) is 0 Å². The molecule has 0 spiro atoms. The summed E-state index contributed by atoms with van der Waals surface area (Å²) in [6, 6.07) is 5.77. The lowest BCUT2D eigenvalue weighted by molar-refractivity contribution is 0.681. The molecule has 0 atom stereocenters. The van der Waals surface area contributed by atoms with Gasteiger partial charge < -0.3 is 4.57 Å². The number of halogens is 1. The number of aromatic nitrogens is 4. The molecule has 2 heterocycles. The van der Waals surface area contributed by atoms with Crippen LogP contribution in [0.15, 0.2) is 29.1 Å². The van der Waals surface area contributed by atoms with Gasteiger partial charge in [-0.3, -0.25) is 0 Å². The van der Waals surface area contributed by atoms with Gasteiger partial charge in [-0.1, -0.05) is 13.0 Å². The fourth-order valence-electron chi connectivity index (χ4n) is 1.39. The highest BCUT2D eigenvalue weighted by Gasteiger charge is 2.07. The largest absolute Gasteiger partial charge is 0.312 e. The van der Waals surface area contributed by atoms with Crippen LogP contribution in [0.25, 0.3) is 11.5 Å². The number of pyridine rings is 1. The second kappa shape index (κ2) is 4.53. The van der Waals surface area contributed by atoms with E-state index < -0.39 is 0 Å². The van der Waals surface area contributed by atoms with Gasteiger partial charge in [0, 0.05) is 6.54 Å². The minimum Gasteiger partial charge on any atom is -0.312 e. The van der Waals surface area contributed by atoms with Crippen LogP contribution in [-0.4, -0.2) is 19.7 Å². The quantitative estimate of drug-likeness (QED) is 0.802. The molecule has 0 aliphatic rings. The van der Waals surface area contributed by atoms with Crippen molar-refractivity contribution in [2.75, 3.05) is 0 Å². The van der Waals surface area contributed by atoms with Crippen LogP contribution >= 0.6 is 15.9 Å². The van der Waals surface area contributed by atoms with E-state index in [1.54, 1.807) is 6.33 Å². The smallest absolute Gasteiger partial charge is 0.182 e. The Morgan fingerprint density at radius 1 is 1.40 bits per heavy atom. The van der Waals surface area contributed by atoms with Gasteiger partial charge in [-0.25, -0.2) is 4.98 Å². The molecule has 0 aliphatic carbocycles. The molecule has 2 aromatic heterocycles. The van der Waals surface area contributed by atoms with Crippen molar-refractivity contribution in [1.29, 1.82) is 0 Å². The molecule has 0 unspecified atom stereocenters. The summed E-state index contributed by atoms with van der Waals surface area (Å²) < 4.78 is 2.82. The summed E-state index contributed by atoms with van der Waals surface area (Å²) in [5.74, 6) is 0.818. The molecule has 5 heteroatoms. The first-order valence-corrected chi connectivity index (χ1v) is 5.61. The number of rotatable bonds is 3. The molecule has 78 valence electrons. The van der Waals surface area contributed by atoms with Crippen molar-refractivity contribution < 1.29 is 0 Å². The van der Waals surface area contributed by atoms with Gasteiger partial charge in [-0.15, -0.1) is 10.2 Å². The molecule has 0 aromatic carbocycles. The third-order valence-electron chi connectivity index (χ3n) is 2.02. The number of hydrogen-bond acceptors (Lipinski definition) is 3. The van der Waals surface area contributed by atoms with Gasteiger partial charge in [0.15, 0.2) is 5.82 Å². The normalized spacial score (nSPS) is 10.5. The third-order valence-corrected chi connectivity index (χ3v) is 2.47. The van der Waals surface area contributed by atoms with Crippen molar-refractivity contribution in [3.63, 3.8) is 0 Å². The Morgan fingerprint density at radius 2 is 2.27 bits per heavy atom. The van der Waals surface area contributed by atoms with E-state index in [-0.39, 0.29) is 0 Å². The molecule has 15 heavy (non-hydrogen) atoms. The van der Waals surface area contributed by atoms with E-state index in [2.05, 4.69) is 38.0 Å². The summed E-state index contributed by atoms with van der Waals surface area (Å²) in [4.78, 5) is 4.35. The molecule has 2 aromatic rings. The van der Waals surface area contributed by atoms with Crippen LogP contribution in [0.5, 0.6) is 0 Å². The average Bonchev–Trinajstić information content (AvgIpc) is 2.66. The minimum atomic E-state index is 0.811. The highest BCUT2D eigenvalue weighted by Crippen LogP contribution is 2.16. The van der Waals surface area contributed by atoms with Crippen LogP contribution < -0.4 is 0 Å². The van der Waals surface area contributed by atoms with Crippen molar-refractivity contribution >= 4 is 15.9 Å². The van der Waals surface area contributed by atoms with Crippen LogP contribution in [0.4, 0.5) is 0 Å². The molecule has 0 saturated heterocycles. The molecule has 0 radical (unpaired) electrons. The summed E-state index contributed by atoms with van der Waals surface area (Å²) >= 11 is 3.34. The van der Waals surface area contributed by atoms with E-state index in [0.717, 1.165) is 29.1 Å². The summed E-state index contributed by atoms with van der Waals surface area (Å²) in [5.41, 5.74) is 0.843. The van der Waals surface area contributed by atoms with E-state index in [1.807, 2.05) is 22.8 Å². The van der Waals surface area contributed by atoms with Gasteiger partial charge in [0.2, 0.25) is 0 Å². The lowest BCUT2D eigenvalue weighted by atomic mass is 10.3. The maximum absolute atomic E-state index is 4.35. The molecule has 0 aliphatic heterocycles. The monoisotopic (exact) mass is 266 g/mol. The average molecular weight is 267 g/mol. The topological polar surface area (TPSA) is 43.6 Å². The predicted octanol–water partition coefficient (Wildman–Crippen LogP) is 2.51. The van der Waals surface area contributed by atoms with Crippen LogP contribution in [0, 0.1) is 0 Å². The zero-order valence-electron chi connectivity index (χ0n) is 8.39. The van der Waals surface area contributed by atoms with E-state index in [4.69, 9.17) is 0 Å². The Balaban J connectivity index is 2.40. The molecule has 4 nitrogen and oxygen atoms in total. The predicted molar refractivity (Wildman–Crippen MR) is 61.2 cm³/mol. The summed E-state index contributed by atoms with van der Waals surface area (Å²) in [5, 5.41) is 7.98. The molecule has 0 N–H and O–H groups in total. The van der Waals surface area contributed by atoms with Crippen LogP contribution in [0.2, 0.25) is 0 Å². The standard InChI is InChI=1S/C10H11BrN4/c1-2-6-15-7-12-14-10(15)8-4-3-5-9(11)13-8/h3-5,7H,2,6H2,1H3. The van der Waals surface area contributed by atoms with E-state index >= 15 is 0 Å². The van der Waals surface area contributed by atoms with Crippen molar-refractivity contribution in [3.05, 3.63) is 29.1 Å². The van der Waals surface area contributed by atoms with Crippen LogP contribution in [0.1, 0.15) is 13.3 Å². The molecule has 0 bridgehead atoms. The van der Waals surface area contributed by atoms with Gasteiger partial charge in [-0.2, -0.15) is 0 Å². The summed E-state index contributed by atoms with van der Waals surface area (Å²) in [6.07, 6.45) is 2.79. The number of nitrogens with zero attached hydrogens (tertiary/aromatic N) is 4.